The zero-order valence-electron chi connectivity index (χ0n) is 10.3. The molecule has 1 aliphatic heterocycles. The van der Waals surface area contributed by atoms with Gasteiger partial charge in [-0.2, -0.15) is 0 Å². The topological polar surface area (TPSA) is 37.4 Å². The Balaban J connectivity index is 2.20. The third-order valence-corrected chi connectivity index (χ3v) is 3.41. The number of hydrogen-bond acceptors (Lipinski definition) is 2. The van der Waals surface area contributed by atoms with Crippen LogP contribution in [0, 0.1) is 6.92 Å². The number of nitrogens with zero attached hydrogens (tertiary/aromatic N) is 1. The van der Waals surface area contributed by atoms with Crippen LogP contribution in [0.1, 0.15) is 36.9 Å². The third-order valence-electron chi connectivity index (χ3n) is 3.41. The van der Waals surface area contributed by atoms with Crippen LogP contribution in [0.3, 0.4) is 0 Å². The number of Topliss-reactive ketones (excluding diaryl/α,β-unsaturated/α-hetero) is 1. The summed E-state index contributed by atoms with van der Waals surface area (Å²) in [6.07, 6.45) is 0.554. The fourth-order valence-electron chi connectivity index (χ4n) is 2.36. The Hall–Kier alpha value is -1.64. The van der Waals surface area contributed by atoms with Crippen molar-refractivity contribution in [1.29, 1.82) is 0 Å². The predicted molar refractivity (Wildman–Crippen MR) is 65.5 cm³/mol. The van der Waals surface area contributed by atoms with Gasteiger partial charge in [0, 0.05) is 13.0 Å². The van der Waals surface area contributed by atoms with Crippen LogP contribution in [0.25, 0.3) is 0 Å². The monoisotopic (exact) mass is 231 g/mol. The molecule has 1 heterocycles. The maximum absolute atomic E-state index is 11.8. The summed E-state index contributed by atoms with van der Waals surface area (Å²) in [4.78, 5) is 24.8. The molecule has 1 amide bonds. The van der Waals surface area contributed by atoms with Crippen LogP contribution in [-0.4, -0.2) is 23.1 Å². The molecule has 0 aliphatic carbocycles. The maximum Gasteiger partial charge on any atom is 0.230 e. The molecule has 0 radical (unpaired) electrons. The van der Waals surface area contributed by atoms with E-state index in [1.165, 1.54) is 5.56 Å². The predicted octanol–water partition coefficient (Wildman–Crippen LogP) is 2.25. The quantitative estimate of drug-likeness (QED) is 0.732. The summed E-state index contributed by atoms with van der Waals surface area (Å²) >= 11 is 0. The number of ketones is 1. The number of rotatable bonds is 2. The highest BCUT2D eigenvalue weighted by atomic mass is 16.2. The minimum absolute atomic E-state index is 0.0444. The van der Waals surface area contributed by atoms with Crippen LogP contribution < -0.4 is 0 Å². The van der Waals surface area contributed by atoms with Crippen LogP contribution in [0.2, 0.25) is 0 Å². The van der Waals surface area contributed by atoms with Gasteiger partial charge in [0.2, 0.25) is 5.91 Å². The van der Waals surface area contributed by atoms with Crippen LogP contribution in [0.4, 0.5) is 0 Å². The highest BCUT2D eigenvalue weighted by Crippen LogP contribution is 2.26. The van der Waals surface area contributed by atoms with Gasteiger partial charge in [0.15, 0.2) is 0 Å². The zero-order chi connectivity index (χ0) is 12.4. The lowest BCUT2D eigenvalue weighted by Crippen LogP contribution is -2.40. The average Bonchev–Trinajstić information content (AvgIpc) is 2.29. The molecule has 3 nitrogen and oxygen atoms in total. The molecule has 0 spiro atoms. The molecule has 3 heteroatoms. The van der Waals surface area contributed by atoms with Gasteiger partial charge in [0.1, 0.15) is 5.78 Å². The number of likely N-dealkylation sites (tertiary alicyclic amines) is 1. The van der Waals surface area contributed by atoms with Crippen molar-refractivity contribution in [2.75, 3.05) is 6.54 Å². The van der Waals surface area contributed by atoms with E-state index >= 15 is 0 Å². The van der Waals surface area contributed by atoms with Crippen LogP contribution in [0.15, 0.2) is 24.3 Å². The average molecular weight is 231 g/mol. The number of benzene rings is 1. The summed E-state index contributed by atoms with van der Waals surface area (Å²) in [6.45, 7) is 4.62. The lowest BCUT2D eigenvalue weighted by molar-refractivity contribution is -0.141. The van der Waals surface area contributed by atoms with Crippen molar-refractivity contribution in [1.82, 2.24) is 4.90 Å². The van der Waals surface area contributed by atoms with Gasteiger partial charge < -0.3 is 4.90 Å². The summed E-state index contributed by atoms with van der Waals surface area (Å²) in [6, 6.07) is 8.12. The molecule has 0 aromatic heterocycles. The standard InChI is InChI=1S/C14H17NO2/c1-10-5-3-4-6-13(10)11(2)15-8-7-12(16)9-14(15)17/h3-6,11H,7-9H2,1-2H3. The van der Waals surface area contributed by atoms with Crippen molar-refractivity contribution in [3.8, 4) is 0 Å². The Labute approximate surface area is 101 Å². The van der Waals surface area contributed by atoms with E-state index in [1.807, 2.05) is 43.0 Å². The van der Waals surface area contributed by atoms with Crippen molar-refractivity contribution in [3.63, 3.8) is 0 Å². The first-order valence-corrected chi connectivity index (χ1v) is 5.96. The fourth-order valence-corrected chi connectivity index (χ4v) is 2.36. The van der Waals surface area contributed by atoms with Crippen molar-refractivity contribution >= 4 is 11.7 Å². The van der Waals surface area contributed by atoms with Gasteiger partial charge in [-0.15, -0.1) is 0 Å². The molecular formula is C14H17NO2. The van der Waals surface area contributed by atoms with E-state index in [-0.39, 0.29) is 24.2 Å². The Morgan fingerprint density at radius 3 is 2.59 bits per heavy atom. The van der Waals surface area contributed by atoms with Gasteiger partial charge in [0.25, 0.3) is 0 Å². The molecule has 0 bridgehead atoms. The molecule has 1 unspecified atom stereocenters. The smallest absolute Gasteiger partial charge is 0.230 e. The van der Waals surface area contributed by atoms with Crippen molar-refractivity contribution < 1.29 is 9.59 Å². The minimum Gasteiger partial charge on any atom is -0.335 e. The second kappa shape index (κ2) is 4.70. The highest BCUT2D eigenvalue weighted by molar-refractivity contribution is 6.00. The van der Waals surface area contributed by atoms with E-state index in [2.05, 4.69) is 0 Å². The van der Waals surface area contributed by atoms with E-state index in [4.69, 9.17) is 0 Å². The van der Waals surface area contributed by atoms with Crippen LogP contribution >= 0.6 is 0 Å². The molecule has 1 aliphatic rings. The number of carbonyl (C=O) groups is 2. The summed E-state index contributed by atoms with van der Waals surface area (Å²) in [7, 11) is 0. The molecule has 2 rings (SSSR count). The number of hydrogen-bond donors (Lipinski definition) is 0. The number of carbonyl (C=O) groups excluding carboxylic acids is 2. The summed E-state index contributed by atoms with van der Waals surface area (Å²) in [5.74, 6) is 0.0141. The van der Waals surface area contributed by atoms with Gasteiger partial charge in [0.05, 0.1) is 12.5 Å². The summed E-state index contributed by atoms with van der Waals surface area (Å²) < 4.78 is 0. The number of amides is 1. The lowest BCUT2D eigenvalue weighted by atomic mass is 9.98. The molecule has 1 fully saturated rings. The van der Waals surface area contributed by atoms with E-state index < -0.39 is 0 Å². The van der Waals surface area contributed by atoms with Crippen molar-refractivity contribution in [3.05, 3.63) is 35.4 Å². The van der Waals surface area contributed by atoms with Gasteiger partial charge in [-0.1, -0.05) is 24.3 Å². The number of piperidine rings is 1. The Bertz CT molecular complexity index is 453. The summed E-state index contributed by atoms with van der Waals surface area (Å²) in [5, 5.41) is 0. The van der Waals surface area contributed by atoms with Crippen LogP contribution in [-0.2, 0) is 9.59 Å². The first kappa shape index (κ1) is 11.8. The van der Waals surface area contributed by atoms with Gasteiger partial charge >= 0.3 is 0 Å². The van der Waals surface area contributed by atoms with Gasteiger partial charge in [-0.3, -0.25) is 9.59 Å². The minimum atomic E-state index is -0.0444. The maximum atomic E-state index is 11.8. The molecule has 17 heavy (non-hydrogen) atoms. The molecular weight excluding hydrogens is 214 g/mol. The van der Waals surface area contributed by atoms with E-state index in [0.29, 0.717) is 13.0 Å². The van der Waals surface area contributed by atoms with Crippen LogP contribution in [0.5, 0.6) is 0 Å². The Morgan fingerprint density at radius 2 is 1.94 bits per heavy atom. The second-order valence-electron chi connectivity index (χ2n) is 4.59. The molecule has 90 valence electrons. The lowest BCUT2D eigenvalue weighted by Gasteiger charge is -2.33. The first-order chi connectivity index (χ1) is 8.09. The molecule has 1 atom stereocenters. The zero-order valence-corrected chi connectivity index (χ0v) is 10.3. The molecule has 0 saturated carbocycles. The Morgan fingerprint density at radius 1 is 1.24 bits per heavy atom. The third kappa shape index (κ3) is 2.38. The van der Waals surface area contributed by atoms with E-state index in [9.17, 15) is 9.59 Å². The SMILES string of the molecule is Cc1ccccc1C(C)N1CCC(=O)CC1=O. The molecule has 1 saturated heterocycles. The van der Waals surface area contributed by atoms with Crippen molar-refractivity contribution in [2.45, 2.75) is 32.7 Å². The number of aryl methyl sites for hydroxylation is 1. The molecule has 1 aromatic rings. The normalized spacial score (nSPS) is 18.4. The van der Waals surface area contributed by atoms with Gasteiger partial charge in [-0.25, -0.2) is 0 Å². The first-order valence-electron chi connectivity index (χ1n) is 5.96. The largest absolute Gasteiger partial charge is 0.335 e. The highest BCUT2D eigenvalue weighted by Gasteiger charge is 2.28. The van der Waals surface area contributed by atoms with Crippen molar-refractivity contribution in [2.24, 2.45) is 0 Å². The Kier molecular flexibility index (Phi) is 3.27. The summed E-state index contributed by atoms with van der Waals surface area (Å²) in [5.41, 5.74) is 2.35. The van der Waals surface area contributed by atoms with E-state index in [0.717, 1.165) is 5.56 Å². The van der Waals surface area contributed by atoms with E-state index in [1.54, 1.807) is 0 Å². The fraction of sp³-hybridized carbons (Fsp3) is 0.429. The second-order valence-corrected chi connectivity index (χ2v) is 4.59. The van der Waals surface area contributed by atoms with Gasteiger partial charge in [-0.05, 0) is 25.0 Å². The molecule has 0 N–H and O–H groups in total. The molecule has 1 aromatic carbocycles.